The number of methoxy groups -OCH3 is 1. The minimum absolute atomic E-state index is 0. The van der Waals surface area contributed by atoms with Crippen LogP contribution in [0.2, 0.25) is 0 Å². The van der Waals surface area contributed by atoms with Crippen molar-refractivity contribution < 1.29 is 4.74 Å². The number of fused-ring (bicyclic) bond motifs is 1. The number of benzene rings is 3. The Morgan fingerprint density at radius 3 is 2.35 bits per heavy atom. The van der Waals surface area contributed by atoms with Gasteiger partial charge in [0.2, 0.25) is 0 Å². The van der Waals surface area contributed by atoms with Gasteiger partial charge in [0.15, 0.2) is 0 Å². The molecule has 0 radical (unpaired) electrons. The predicted octanol–water partition coefficient (Wildman–Crippen LogP) is 4.87. The van der Waals surface area contributed by atoms with Gasteiger partial charge in [0, 0.05) is 18.7 Å². The number of halogens is 1. The molecular weight excluding hydrogens is 306 g/mol. The fraction of sp³-hybridized carbons (Fsp3) is 0.200. The molecule has 0 heterocycles. The van der Waals surface area contributed by atoms with Crippen molar-refractivity contribution in [2.24, 2.45) is 0 Å². The highest BCUT2D eigenvalue weighted by atomic mass is 35.5. The van der Waals surface area contributed by atoms with Crippen LogP contribution in [0.1, 0.15) is 16.7 Å². The van der Waals surface area contributed by atoms with Crippen molar-refractivity contribution in [2.75, 3.05) is 7.11 Å². The summed E-state index contributed by atoms with van der Waals surface area (Å²) in [6, 6.07) is 21.2. The Hall–Kier alpha value is -2.03. The molecule has 1 N–H and O–H groups in total. The molecule has 0 aromatic heterocycles. The van der Waals surface area contributed by atoms with Gasteiger partial charge in [0.1, 0.15) is 5.75 Å². The summed E-state index contributed by atoms with van der Waals surface area (Å²) < 4.78 is 5.53. The normalized spacial score (nSPS) is 10.3. The molecule has 0 saturated heterocycles. The van der Waals surface area contributed by atoms with Crippen molar-refractivity contribution in [1.29, 1.82) is 0 Å². The van der Waals surface area contributed by atoms with Crippen LogP contribution in [-0.4, -0.2) is 7.11 Å². The van der Waals surface area contributed by atoms with E-state index in [-0.39, 0.29) is 12.4 Å². The highest BCUT2D eigenvalue weighted by molar-refractivity contribution is 5.87. The number of hydrogen-bond acceptors (Lipinski definition) is 2. The molecule has 23 heavy (non-hydrogen) atoms. The summed E-state index contributed by atoms with van der Waals surface area (Å²) >= 11 is 0. The van der Waals surface area contributed by atoms with Crippen LogP contribution < -0.4 is 10.1 Å². The number of rotatable bonds is 5. The lowest BCUT2D eigenvalue weighted by Gasteiger charge is -2.13. The summed E-state index contributed by atoms with van der Waals surface area (Å²) in [5, 5.41) is 6.02. The van der Waals surface area contributed by atoms with Crippen LogP contribution in [0.5, 0.6) is 5.75 Å². The van der Waals surface area contributed by atoms with Crippen molar-refractivity contribution in [3.63, 3.8) is 0 Å². The summed E-state index contributed by atoms with van der Waals surface area (Å²) in [4.78, 5) is 0. The van der Waals surface area contributed by atoms with E-state index in [0.717, 1.165) is 18.8 Å². The SMILES string of the molecule is COc1ccc2ccccc2c1CNCc1ccc(C)cc1.Cl. The molecular formula is C20H22ClNO. The van der Waals surface area contributed by atoms with E-state index in [2.05, 4.69) is 66.8 Å². The van der Waals surface area contributed by atoms with Crippen molar-refractivity contribution >= 4 is 23.2 Å². The van der Waals surface area contributed by atoms with E-state index in [1.165, 1.54) is 27.5 Å². The summed E-state index contributed by atoms with van der Waals surface area (Å²) in [6.45, 7) is 3.75. The van der Waals surface area contributed by atoms with Crippen molar-refractivity contribution in [3.8, 4) is 5.75 Å². The van der Waals surface area contributed by atoms with Crippen LogP contribution in [0.4, 0.5) is 0 Å². The minimum atomic E-state index is 0. The Morgan fingerprint density at radius 1 is 0.870 bits per heavy atom. The van der Waals surface area contributed by atoms with E-state index in [4.69, 9.17) is 4.74 Å². The molecule has 0 aliphatic carbocycles. The first kappa shape index (κ1) is 17.3. The molecule has 3 aromatic carbocycles. The molecule has 0 aliphatic rings. The molecule has 2 nitrogen and oxygen atoms in total. The fourth-order valence-corrected chi connectivity index (χ4v) is 2.73. The Labute approximate surface area is 143 Å². The lowest BCUT2D eigenvalue weighted by molar-refractivity contribution is 0.408. The summed E-state index contributed by atoms with van der Waals surface area (Å²) in [5.74, 6) is 0.940. The van der Waals surface area contributed by atoms with Gasteiger partial charge in [0.05, 0.1) is 7.11 Å². The third kappa shape index (κ3) is 4.04. The van der Waals surface area contributed by atoms with E-state index in [1.54, 1.807) is 7.11 Å². The van der Waals surface area contributed by atoms with E-state index in [1.807, 2.05) is 6.07 Å². The zero-order valence-corrected chi connectivity index (χ0v) is 14.3. The number of hydrogen-bond donors (Lipinski definition) is 1. The van der Waals surface area contributed by atoms with Crippen molar-refractivity contribution in [1.82, 2.24) is 5.32 Å². The zero-order chi connectivity index (χ0) is 15.4. The predicted molar refractivity (Wildman–Crippen MR) is 99.5 cm³/mol. The average Bonchev–Trinajstić information content (AvgIpc) is 2.56. The van der Waals surface area contributed by atoms with Gasteiger partial charge in [-0.05, 0) is 29.3 Å². The third-order valence-electron chi connectivity index (χ3n) is 3.97. The molecule has 0 amide bonds. The first-order valence-corrected chi connectivity index (χ1v) is 7.59. The first-order valence-electron chi connectivity index (χ1n) is 7.59. The third-order valence-corrected chi connectivity index (χ3v) is 3.97. The van der Waals surface area contributed by atoms with Crippen LogP contribution >= 0.6 is 12.4 Å². The van der Waals surface area contributed by atoms with E-state index in [0.29, 0.717) is 0 Å². The lowest BCUT2D eigenvalue weighted by atomic mass is 10.0. The summed E-state index contributed by atoms with van der Waals surface area (Å²) in [6.07, 6.45) is 0. The molecule has 0 unspecified atom stereocenters. The molecule has 0 aliphatic heterocycles. The molecule has 3 rings (SSSR count). The maximum absolute atomic E-state index is 5.53. The number of ether oxygens (including phenoxy) is 1. The highest BCUT2D eigenvalue weighted by Crippen LogP contribution is 2.27. The van der Waals surface area contributed by atoms with Gasteiger partial charge in [-0.15, -0.1) is 12.4 Å². The van der Waals surface area contributed by atoms with Crippen molar-refractivity contribution in [2.45, 2.75) is 20.0 Å². The maximum Gasteiger partial charge on any atom is 0.123 e. The standard InChI is InChI=1S/C20H21NO.ClH/c1-15-7-9-16(10-8-15)13-21-14-19-18-6-4-3-5-17(18)11-12-20(19)22-2;/h3-12,21H,13-14H2,1-2H3;1H. The maximum atomic E-state index is 5.53. The smallest absolute Gasteiger partial charge is 0.123 e. The second-order valence-corrected chi connectivity index (χ2v) is 5.56. The van der Waals surface area contributed by atoms with Gasteiger partial charge in [-0.1, -0.05) is 60.2 Å². The highest BCUT2D eigenvalue weighted by Gasteiger charge is 2.07. The van der Waals surface area contributed by atoms with Crippen LogP contribution in [-0.2, 0) is 13.1 Å². The van der Waals surface area contributed by atoms with Crippen LogP contribution in [0, 0.1) is 6.92 Å². The van der Waals surface area contributed by atoms with Crippen LogP contribution in [0.3, 0.4) is 0 Å². The topological polar surface area (TPSA) is 21.3 Å². The van der Waals surface area contributed by atoms with E-state index >= 15 is 0 Å². The number of aryl methyl sites for hydroxylation is 1. The van der Waals surface area contributed by atoms with Gasteiger partial charge in [-0.3, -0.25) is 0 Å². The van der Waals surface area contributed by atoms with Gasteiger partial charge in [-0.25, -0.2) is 0 Å². The number of nitrogens with one attached hydrogen (secondary N) is 1. The van der Waals surface area contributed by atoms with Gasteiger partial charge in [0.25, 0.3) is 0 Å². The van der Waals surface area contributed by atoms with E-state index in [9.17, 15) is 0 Å². The molecule has 0 saturated carbocycles. The van der Waals surface area contributed by atoms with Gasteiger partial charge >= 0.3 is 0 Å². The molecule has 120 valence electrons. The Kier molecular flexibility index (Phi) is 6.03. The Balaban J connectivity index is 0.00000192. The minimum Gasteiger partial charge on any atom is -0.496 e. The van der Waals surface area contributed by atoms with E-state index < -0.39 is 0 Å². The zero-order valence-electron chi connectivity index (χ0n) is 13.5. The van der Waals surface area contributed by atoms with Gasteiger partial charge < -0.3 is 10.1 Å². The summed E-state index contributed by atoms with van der Waals surface area (Å²) in [5.41, 5.74) is 3.80. The second-order valence-electron chi connectivity index (χ2n) is 5.56. The molecule has 3 aromatic rings. The molecule has 0 spiro atoms. The second kappa shape index (κ2) is 8.00. The molecule has 0 atom stereocenters. The quantitative estimate of drug-likeness (QED) is 0.722. The molecule has 0 bridgehead atoms. The largest absolute Gasteiger partial charge is 0.496 e. The Morgan fingerprint density at radius 2 is 1.61 bits per heavy atom. The van der Waals surface area contributed by atoms with Gasteiger partial charge in [-0.2, -0.15) is 0 Å². The lowest BCUT2D eigenvalue weighted by Crippen LogP contribution is -2.13. The van der Waals surface area contributed by atoms with Crippen LogP contribution in [0.15, 0.2) is 60.7 Å². The van der Waals surface area contributed by atoms with Crippen molar-refractivity contribution in [3.05, 3.63) is 77.4 Å². The Bertz CT molecular complexity index is 768. The average molecular weight is 328 g/mol. The monoisotopic (exact) mass is 327 g/mol. The fourth-order valence-electron chi connectivity index (χ4n) is 2.73. The van der Waals surface area contributed by atoms with Crippen LogP contribution in [0.25, 0.3) is 10.8 Å². The molecule has 0 fully saturated rings. The first-order chi connectivity index (χ1) is 10.8. The summed E-state index contributed by atoms with van der Waals surface area (Å²) in [7, 11) is 1.73. The molecule has 3 heteroatoms.